The number of benzene rings is 2. The van der Waals surface area contributed by atoms with Gasteiger partial charge in [0.25, 0.3) is 5.91 Å². The van der Waals surface area contributed by atoms with Gasteiger partial charge < -0.3 is 10.2 Å². The van der Waals surface area contributed by atoms with Gasteiger partial charge in [0.05, 0.1) is 0 Å². The van der Waals surface area contributed by atoms with Crippen molar-refractivity contribution in [3.63, 3.8) is 0 Å². The number of hydrogen-bond donors (Lipinski definition) is 1. The van der Waals surface area contributed by atoms with E-state index >= 15 is 0 Å². The molecule has 4 nitrogen and oxygen atoms in total. The van der Waals surface area contributed by atoms with E-state index in [9.17, 15) is 9.59 Å². The Morgan fingerprint density at radius 3 is 2.30 bits per heavy atom. The van der Waals surface area contributed by atoms with E-state index in [0.717, 1.165) is 22.4 Å². The summed E-state index contributed by atoms with van der Waals surface area (Å²) in [5.74, 6) is -0.122. The molecule has 0 aliphatic carbocycles. The molecule has 2 aromatic carbocycles. The van der Waals surface area contributed by atoms with Crippen LogP contribution in [0.4, 0.5) is 5.69 Å². The molecule has 0 fully saturated rings. The van der Waals surface area contributed by atoms with Crippen LogP contribution in [0.25, 0.3) is 0 Å². The molecule has 0 unspecified atom stereocenters. The van der Waals surface area contributed by atoms with Gasteiger partial charge >= 0.3 is 0 Å². The first kappa shape index (κ1) is 16.7. The van der Waals surface area contributed by atoms with Crippen LogP contribution in [-0.4, -0.2) is 23.8 Å². The van der Waals surface area contributed by atoms with Crippen molar-refractivity contribution < 1.29 is 9.59 Å². The lowest BCUT2D eigenvalue weighted by atomic mass is 10.1. The highest BCUT2D eigenvalue weighted by Crippen LogP contribution is 2.15. The molecule has 2 aromatic rings. The van der Waals surface area contributed by atoms with E-state index in [0.29, 0.717) is 12.1 Å². The molecular formula is C19H22N2O2. The van der Waals surface area contributed by atoms with Gasteiger partial charge in [-0.3, -0.25) is 9.59 Å². The summed E-state index contributed by atoms with van der Waals surface area (Å²) in [6.07, 6.45) is 0. The molecule has 0 aromatic heterocycles. The first-order valence-electron chi connectivity index (χ1n) is 7.55. The molecular weight excluding hydrogens is 288 g/mol. The summed E-state index contributed by atoms with van der Waals surface area (Å²) in [4.78, 5) is 25.3. The molecule has 1 N–H and O–H groups in total. The average Bonchev–Trinajstić information content (AvgIpc) is 2.46. The molecule has 0 heterocycles. The fourth-order valence-electron chi connectivity index (χ4n) is 2.44. The van der Waals surface area contributed by atoms with Crippen molar-refractivity contribution in [1.82, 2.24) is 4.90 Å². The van der Waals surface area contributed by atoms with Crippen LogP contribution < -0.4 is 5.32 Å². The lowest BCUT2D eigenvalue weighted by molar-refractivity contribution is -0.128. The van der Waals surface area contributed by atoms with Gasteiger partial charge in [-0.15, -0.1) is 0 Å². The summed E-state index contributed by atoms with van der Waals surface area (Å²) < 4.78 is 0. The van der Waals surface area contributed by atoms with E-state index in [1.807, 2.05) is 56.3 Å². The van der Waals surface area contributed by atoms with E-state index in [1.165, 1.54) is 6.92 Å². The smallest absolute Gasteiger partial charge is 0.255 e. The molecule has 0 radical (unpaired) electrons. The van der Waals surface area contributed by atoms with Crippen LogP contribution in [0, 0.1) is 13.8 Å². The number of nitrogens with zero attached hydrogens (tertiary/aromatic N) is 1. The standard InChI is InChI=1S/C19H22N2O2/c1-13-8-14(2)10-17(9-13)19(23)20-18-7-5-6-16(11-18)12-21(4)15(3)22/h5-11H,12H2,1-4H3,(H,20,23). The summed E-state index contributed by atoms with van der Waals surface area (Å²) in [5, 5.41) is 2.91. The summed E-state index contributed by atoms with van der Waals surface area (Å²) >= 11 is 0. The number of amides is 2. The Morgan fingerprint density at radius 2 is 1.70 bits per heavy atom. The molecule has 0 saturated carbocycles. The molecule has 0 aliphatic heterocycles. The predicted molar refractivity (Wildman–Crippen MR) is 92.5 cm³/mol. The fourth-order valence-corrected chi connectivity index (χ4v) is 2.44. The molecule has 0 saturated heterocycles. The highest BCUT2D eigenvalue weighted by atomic mass is 16.2. The summed E-state index contributed by atoms with van der Waals surface area (Å²) in [6.45, 7) is 6.00. The Balaban J connectivity index is 2.13. The monoisotopic (exact) mass is 310 g/mol. The van der Waals surface area contributed by atoms with E-state index in [1.54, 1.807) is 11.9 Å². The van der Waals surface area contributed by atoms with Crippen molar-refractivity contribution in [2.45, 2.75) is 27.3 Å². The summed E-state index contributed by atoms with van der Waals surface area (Å²) in [7, 11) is 1.75. The molecule has 23 heavy (non-hydrogen) atoms. The number of nitrogens with one attached hydrogen (secondary N) is 1. The molecule has 2 amide bonds. The first-order chi connectivity index (χ1) is 10.8. The van der Waals surface area contributed by atoms with Crippen molar-refractivity contribution in [3.8, 4) is 0 Å². The Kier molecular flexibility index (Phi) is 5.16. The number of hydrogen-bond acceptors (Lipinski definition) is 2. The van der Waals surface area contributed by atoms with E-state index in [2.05, 4.69) is 5.32 Å². The maximum atomic E-state index is 12.4. The Hall–Kier alpha value is -2.62. The second-order valence-corrected chi connectivity index (χ2v) is 5.91. The third-order valence-electron chi connectivity index (χ3n) is 3.63. The van der Waals surface area contributed by atoms with Crippen molar-refractivity contribution in [3.05, 3.63) is 64.7 Å². The quantitative estimate of drug-likeness (QED) is 0.939. The van der Waals surface area contributed by atoms with Gasteiger partial charge in [0, 0.05) is 31.8 Å². The van der Waals surface area contributed by atoms with E-state index in [-0.39, 0.29) is 11.8 Å². The molecule has 4 heteroatoms. The number of rotatable bonds is 4. The maximum Gasteiger partial charge on any atom is 0.255 e. The molecule has 0 aliphatic rings. The van der Waals surface area contributed by atoms with Gasteiger partial charge in [-0.1, -0.05) is 29.3 Å². The van der Waals surface area contributed by atoms with Gasteiger partial charge in [0.15, 0.2) is 0 Å². The maximum absolute atomic E-state index is 12.4. The zero-order valence-corrected chi connectivity index (χ0v) is 14.0. The van der Waals surface area contributed by atoms with Gasteiger partial charge in [-0.05, 0) is 43.7 Å². The van der Waals surface area contributed by atoms with Crippen LogP contribution in [0.3, 0.4) is 0 Å². The summed E-state index contributed by atoms with van der Waals surface area (Å²) in [5.41, 5.74) is 4.47. The third-order valence-corrected chi connectivity index (χ3v) is 3.63. The van der Waals surface area contributed by atoms with Crippen LogP contribution in [0.2, 0.25) is 0 Å². The van der Waals surface area contributed by atoms with Crippen LogP contribution in [-0.2, 0) is 11.3 Å². The zero-order chi connectivity index (χ0) is 17.0. The van der Waals surface area contributed by atoms with Crippen molar-refractivity contribution in [2.24, 2.45) is 0 Å². The second-order valence-electron chi connectivity index (χ2n) is 5.91. The third kappa shape index (κ3) is 4.68. The zero-order valence-electron chi connectivity index (χ0n) is 14.0. The number of carbonyl (C=O) groups is 2. The number of anilines is 1. The SMILES string of the molecule is CC(=O)N(C)Cc1cccc(NC(=O)c2cc(C)cc(C)c2)c1. The highest BCUT2D eigenvalue weighted by Gasteiger charge is 2.09. The Morgan fingerprint density at radius 1 is 1.04 bits per heavy atom. The van der Waals surface area contributed by atoms with Crippen LogP contribution >= 0.6 is 0 Å². The van der Waals surface area contributed by atoms with Gasteiger partial charge in [-0.2, -0.15) is 0 Å². The Labute approximate surface area is 137 Å². The largest absolute Gasteiger partial charge is 0.342 e. The summed E-state index contributed by atoms with van der Waals surface area (Å²) in [6, 6.07) is 13.3. The molecule has 0 atom stereocenters. The molecule has 2 rings (SSSR count). The number of aryl methyl sites for hydroxylation is 2. The lowest BCUT2D eigenvalue weighted by Gasteiger charge is -2.15. The minimum absolute atomic E-state index is 0.00896. The van der Waals surface area contributed by atoms with Gasteiger partial charge in [0.2, 0.25) is 5.91 Å². The van der Waals surface area contributed by atoms with Crippen LogP contribution in [0.5, 0.6) is 0 Å². The van der Waals surface area contributed by atoms with E-state index in [4.69, 9.17) is 0 Å². The fraction of sp³-hybridized carbons (Fsp3) is 0.263. The topological polar surface area (TPSA) is 49.4 Å². The first-order valence-corrected chi connectivity index (χ1v) is 7.55. The van der Waals surface area contributed by atoms with Crippen molar-refractivity contribution >= 4 is 17.5 Å². The normalized spacial score (nSPS) is 10.3. The highest BCUT2D eigenvalue weighted by molar-refractivity contribution is 6.04. The van der Waals surface area contributed by atoms with Crippen LogP contribution in [0.15, 0.2) is 42.5 Å². The predicted octanol–water partition coefficient (Wildman–Crippen LogP) is 3.53. The van der Waals surface area contributed by atoms with Crippen molar-refractivity contribution in [1.29, 1.82) is 0 Å². The van der Waals surface area contributed by atoms with Crippen LogP contribution in [0.1, 0.15) is 34.0 Å². The van der Waals surface area contributed by atoms with Gasteiger partial charge in [-0.25, -0.2) is 0 Å². The number of carbonyl (C=O) groups excluding carboxylic acids is 2. The lowest BCUT2D eigenvalue weighted by Crippen LogP contribution is -2.23. The minimum Gasteiger partial charge on any atom is -0.342 e. The average molecular weight is 310 g/mol. The molecule has 0 bridgehead atoms. The molecule has 0 spiro atoms. The minimum atomic E-state index is -0.131. The van der Waals surface area contributed by atoms with Gasteiger partial charge in [0.1, 0.15) is 0 Å². The van der Waals surface area contributed by atoms with Crippen molar-refractivity contribution in [2.75, 3.05) is 12.4 Å². The molecule has 120 valence electrons. The van der Waals surface area contributed by atoms with E-state index < -0.39 is 0 Å². The Bertz CT molecular complexity index is 718. The second kappa shape index (κ2) is 7.09.